The molecule has 0 radical (unpaired) electrons. The Balaban J connectivity index is 2.09. The molecule has 0 unspecified atom stereocenters. The predicted octanol–water partition coefficient (Wildman–Crippen LogP) is 2.15. The molecule has 4 nitrogen and oxygen atoms in total. The van der Waals surface area contributed by atoms with Gasteiger partial charge in [-0.2, -0.15) is 0 Å². The largest absolute Gasteiger partial charge is 0.378 e. The van der Waals surface area contributed by atoms with E-state index in [0.29, 0.717) is 6.54 Å². The number of rotatable bonds is 4. The fourth-order valence-electron chi connectivity index (χ4n) is 1.62. The van der Waals surface area contributed by atoms with Gasteiger partial charge in [-0.3, -0.25) is 0 Å². The van der Waals surface area contributed by atoms with Crippen molar-refractivity contribution in [3.63, 3.8) is 0 Å². The van der Waals surface area contributed by atoms with Crippen molar-refractivity contribution in [3.05, 3.63) is 48.5 Å². The Morgan fingerprint density at radius 3 is 2.71 bits per heavy atom. The number of hydrogen-bond acceptors (Lipinski definition) is 4. The second-order valence-corrected chi connectivity index (χ2v) is 3.97. The highest BCUT2D eigenvalue weighted by Gasteiger charge is 2.02. The topological polar surface area (TPSA) is 41.0 Å². The van der Waals surface area contributed by atoms with Crippen molar-refractivity contribution in [3.8, 4) is 0 Å². The molecule has 2 aromatic rings. The van der Waals surface area contributed by atoms with Crippen LogP contribution in [0.5, 0.6) is 0 Å². The van der Waals surface area contributed by atoms with Gasteiger partial charge in [0.05, 0.1) is 23.6 Å². The summed E-state index contributed by atoms with van der Waals surface area (Å²) in [6.45, 7) is 0.702. The van der Waals surface area contributed by atoms with Gasteiger partial charge in [-0.1, -0.05) is 12.1 Å². The second-order valence-electron chi connectivity index (χ2n) is 3.97. The summed E-state index contributed by atoms with van der Waals surface area (Å²) >= 11 is 0. The second kappa shape index (κ2) is 5.30. The Morgan fingerprint density at radius 2 is 2.00 bits per heavy atom. The molecule has 0 atom stereocenters. The fraction of sp³-hybridized carbons (Fsp3) is 0.231. The lowest BCUT2D eigenvalue weighted by Gasteiger charge is -2.18. The molecule has 4 heteroatoms. The van der Waals surface area contributed by atoms with E-state index in [1.807, 2.05) is 32.3 Å². The van der Waals surface area contributed by atoms with Crippen LogP contribution in [-0.2, 0) is 6.54 Å². The Hall–Kier alpha value is -2.10. The van der Waals surface area contributed by atoms with Crippen LogP contribution in [0.4, 0.5) is 11.4 Å². The SMILES string of the molecule is CN(C)c1ccccc1NCc1ccncn1. The highest BCUT2D eigenvalue weighted by Crippen LogP contribution is 2.23. The van der Waals surface area contributed by atoms with E-state index in [0.717, 1.165) is 11.4 Å². The molecule has 1 aromatic carbocycles. The van der Waals surface area contributed by atoms with Gasteiger partial charge in [0.25, 0.3) is 0 Å². The zero-order valence-electron chi connectivity index (χ0n) is 10.1. The quantitative estimate of drug-likeness (QED) is 0.870. The summed E-state index contributed by atoms with van der Waals surface area (Å²) in [6.07, 6.45) is 3.32. The summed E-state index contributed by atoms with van der Waals surface area (Å²) in [4.78, 5) is 10.2. The third kappa shape index (κ3) is 2.93. The minimum Gasteiger partial charge on any atom is -0.378 e. The van der Waals surface area contributed by atoms with Crippen LogP contribution in [0, 0.1) is 0 Å². The molecule has 17 heavy (non-hydrogen) atoms. The molecule has 1 N–H and O–H groups in total. The first-order valence-electron chi connectivity index (χ1n) is 5.52. The summed E-state index contributed by atoms with van der Waals surface area (Å²) < 4.78 is 0. The van der Waals surface area contributed by atoms with Gasteiger partial charge < -0.3 is 10.2 Å². The Bertz CT molecular complexity index is 468. The van der Waals surface area contributed by atoms with Crippen LogP contribution in [0.3, 0.4) is 0 Å². The van der Waals surface area contributed by atoms with E-state index in [1.165, 1.54) is 5.69 Å². The molecule has 88 valence electrons. The van der Waals surface area contributed by atoms with E-state index in [1.54, 1.807) is 12.5 Å². The van der Waals surface area contributed by atoms with Crippen LogP contribution in [0.1, 0.15) is 5.69 Å². The van der Waals surface area contributed by atoms with Crippen molar-refractivity contribution in [2.75, 3.05) is 24.3 Å². The smallest absolute Gasteiger partial charge is 0.115 e. The zero-order chi connectivity index (χ0) is 12.1. The Kier molecular flexibility index (Phi) is 3.55. The molecule has 0 aliphatic carbocycles. The minimum atomic E-state index is 0.702. The van der Waals surface area contributed by atoms with E-state index in [9.17, 15) is 0 Å². The first-order valence-corrected chi connectivity index (χ1v) is 5.52. The van der Waals surface area contributed by atoms with E-state index in [2.05, 4.69) is 32.3 Å². The van der Waals surface area contributed by atoms with Crippen molar-refractivity contribution < 1.29 is 0 Å². The average Bonchev–Trinajstić information content (AvgIpc) is 2.38. The summed E-state index contributed by atoms with van der Waals surface area (Å²) in [5, 5.41) is 3.38. The first-order chi connectivity index (χ1) is 8.27. The summed E-state index contributed by atoms with van der Waals surface area (Å²) in [6, 6.07) is 10.1. The summed E-state index contributed by atoms with van der Waals surface area (Å²) in [5.74, 6) is 0. The molecule has 0 saturated heterocycles. The lowest BCUT2D eigenvalue weighted by atomic mass is 10.2. The van der Waals surface area contributed by atoms with Crippen LogP contribution in [0.2, 0.25) is 0 Å². The van der Waals surface area contributed by atoms with Crippen molar-refractivity contribution in [2.45, 2.75) is 6.54 Å². The standard InChI is InChI=1S/C13H16N4/c1-17(2)13-6-4-3-5-12(13)15-9-11-7-8-14-10-16-11/h3-8,10,15H,9H2,1-2H3. The van der Waals surface area contributed by atoms with Gasteiger partial charge in [0.1, 0.15) is 6.33 Å². The van der Waals surface area contributed by atoms with Crippen molar-refractivity contribution in [2.24, 2.45) is 0 Å². The summed E-state index contributed by atoms with van der Waals surface area (Å²) in [5.41, 5.74) is 3.26. The minimum absolute atomic E-state index is 0.702. The van der Waals surface area contributed by atoms with Crippen LogP contribution in [0.25, 0.3) is 0 Å². The predicted molar refractivity (Wildman–Crippen MR) is 70.1 cm³/mol. The van der Waals surface area contributed by atoms with Gasteiger partial charge >= 0.3 is 0 Å². The molecule has 0 spiro atoms. The maximum absolute atomic E-state index is 4.18. The van der Waals surface area contributed by atoms with E-state index < -0.39 is 0 Å². The molecule has 0 aliphatic heterocycles. The third-order valence-electron chi connectivity index (χ3n) is 2.49. The van der Waals surface area contributed by atoms with Gasteiger partial charge in [0.15, 0.2) is 0 Å². The lowest BCUT2D eigenvalue weighted by Crippen LogP contribution is -2.12. The van der Waals surface area contributed by atoms with Crippen molar-refractivity contribution in [1.29, 1.82) is 0 Å². The number of anilines is 2. The van der Waals surface area contributed by atoms with Gasteiger partial charge in [-0.15, -0.1) is 0 Å². The maximum Gasteiger partial charge on any atom is 0.115 e. The van der Waals surface area contributed by atoms with Crippen LogP contribution in [0.15, 0.2) is 42.9 Å². The Morgan fingerprint density at radius 1 is 1.18 bits per heavy atom. The number of para-hydroxylation sites is 2. The molecule has 0 fully saturated rings. The molecule has 1 heterocycles. The number of benzene rings is 1. The van der Waals surface area contributed by atoms with Crippen molar-refractivity contribution >= 4 is 11.4 Å². The molecular weight excluding hydrogens is 212 g/mol. The van der Waals surface area contributed by atoms with E-state index in [4.69, 9.17) is 0 Å². The maximum atomic E-state index is 4.18. The molecule has 0 aliphatic rings. The molecule has 0 bridgehead atoms. The first kappa shape index (κ1) is 11.4. The van der Waals surface area contributed by atoms with E-state index >= 15 is 0 Å². The molecule has 2 rings (SSSR count). The Labute approximate surface area is 101 Å². The van der Waals surface area contributed by atoms with Crippen LogP contribution in [-0.4, -0.2) is 24.1 Å². The molecule has 0 saturated carbocycles. The number of nitrogens with one attached hydrogen (secondary N) is 1. The zero-order valence-corrected chi connectivity index (χ0v) is 10.1. The van der Waals surface area contributed by atoms with E-state index in [-0.39, 0.29) is 0 Å². The van der Waals surface area contributed by atoms with Gasteiger partial charge in [-0.25, -0.2) is 9.97 Å². The van der Waals surface area contributed by atoms with Crippen LogP contribution < -0.4 is 10.2 Å². The average molecular weight is 228 g/mol. The lowest BCUT2D eigenvalue weighted by molar-refractivity contribution is 1.00. The number of hydrogen-bond donors (Lipinski definition) is 1. The van der Waals surface area contributed by atoms with Gasteiger partial charge in [0.2, 0.25) is 0 Å². The highest BCUT2D eigenvalue weighted by molar-refractivity contribution is 5.69. The number of aromatic nitrogens is 2. The number of nitrogens with zero attached hydrogens (tertiary/aromatic N) is 3. The normalized spacial score (nSPS) is 10.0. The highest BCUT2D eigenvalue weighted by atomic mass is 15.1. The fourth-order valence-corrected chi connectivity index (χ4v) is 1.62. The van der Waals surface area contributed by atoms with Crippen LogP contribution >= 0.6 is 0 Å². The monoisotopic (exact) mass is 228 g/mol. The van der Waals surface area contributed by atoms with Gasteiger partial charge in [0, 0.05) is 20.3 Å². The van der Waals surface area contributed by atoms with Gasteiger partial charge in [-0.05, 0) is 18.2 Å². The molecule has 1 aromatic heterocycles. The molecule has 0 amide bonds. The third-order valence-corrected chi connectivity index (χ3v) is 2.49. The molecular formula is C13H16N4. The van der Waals surface area contributed by atoms with Crippen molar-refractivity contribution in [1.82, 2.24) is 9.97 Å². The summed E-state index contributed by atoms with van der Waals surface area (Å²) in [7, 11) is 4.07.